The molecule has 20 heavy (non-hydrogen) atoms. The monoisotopic (exact) mass is 318 g/mol. The summed E-state index contributed by atoms with van der Waals surface area (Å²) in [5, 5.41) is 7.30. The predicted octanol–water partition coefficient (Wildman–Crippen LogP) is 0.240. The van der Waals surface area contributed by atoms with Crippen molar-refractivity contribution in [2.24, 2.45) is 4.47 Å². The van der Waals surface area contributed by atoms with Crippen molar-refractivity contribution in [1.29, 1.82) is 0 Å². The average Bonchev–Trinajstić information content (AvgIpc) is 3.04. The van der Waals surface area contributed by atoms with Crippen LogP contribution in [-0.4, -0.2) is 36.4 Å². The van der Waals surface area contributed by atoms with E-state index < -0.39 is 16.2 Å². The van der Waals surface area contributed by atoms with Crippen LogP contribution in [0.3, 0.4) is 0 Å². The van der Waals surface area contributed by atoms with Crippen LogP contribution in [-0.2, 0) is 15.2 Å². The van der Waals surface area contributed by atoms with E-state index in [1.807, 2.05) is 16.5 Å². The lowest BCUT2D eigenvalue weighted by Crippen LogP contribution is -2.12. The van der Waals surface area contributed by atoms with Gasteiger partial charge in [0.25, 0.3) is 0 Å². The van der Waals surface area contributed by atoms with Crippen molar-refractivity contribution < 1.29 is 17.9 Å². The smallest absolute Gasteiger partial charge is 0.365 e. The van der Waals surface area contributed by atoms with E-state index in [2.05, 4.69) is 14.3 Å². The molecule has 0 aliphatic heterocycles. The van der Waals surface area contributed by atoms with Crippen LogP contribution < -0.4 is 5.69 Å². The van der Waals surface area contributed by atoms with Gasteiger partial charge in [-0.05, 0) is 22.8 Å². The minimum absolute atomic E-state index is 0.194. The Bertz CT molecular complexity index is 749. The molecule has 0 atom stereocenters. The van der Waals surface area contributed by atoms with Crippen molar-refractivity contribution in [3.63, 3.8) is 0 Å². The number of hydrogen-bond acceptors (Lipinski definition) is 8. The van der Waals surface area contributed by atoms with E-state index >= 15 is 0 Å². The van der Waals surface area contributed by atoms with Crippen LogP contribution in [0.15, 0.2) is 26.8 Å². The molecule has 11 heteroatoms. The van der Waals surface area contributed by atoms with E-state index in [1.54, 1.807) is 6.07 Å². The maximum absolute atomic E-state index is 10.7. The van der Waals surface area contributed by atoms with Gasteiger partial charge < -0.3 is 4.74 Å². The first-order valence-corrected chi connectivity index (χ1v) is 6.94. The SMILES string of the molecule is COC(=O)c1cccs1.Cc1n[nH]c(=O)n1N=S(=O)=O. The molecule has 2 aromatic rings. The maximum Gasteiger partial charge on any atom is 0.365 e. The van der Waals surface area contributed by atoms with Crippen molar-refractivity contribution in [2.45, 2.75) is 6.92 Å². The molecule has 0 aliphatic rings. The number of H-pyrrole nitrogens is 1. The summed E-state index contributed by atoms with van der Waals surface area (Å²) in [7, 11) is -1.26. The molecule has 1 N–H and O–H groups in total. The van der Waals surface area contributed by atoms with Gasteiger partial charge in [0.2, 0.25) is 0 Å². The molecule has 108 valence electrons. The molecule has 0 bridgehead atoms. The standard InChI is InChI=1S/C6H6O2S.C3H4N4O3S/c1-8-6(7)5-3-2-4-9-5;1-2-4-5-3(8)7(2)6-11(9)10/h2-4H,1H3;1H3,(H,5,8). The number of thiophene rings is 1. The molecule has 9 nitrogen and oxygen atoms in total. The summed E-state index contributed by atoms with van der Waals surface area (Å²) < 4.78 is 28.1. The van der Waals surface area contributed by atoms with E-state index in [9.17, 15) is 18.0 Å². The third-order valence-electron chi connectivity index (χ3n) is 1.87. The van der Waals surface area contributed by atoms with Crippen molar-refractivity contribution in [3.8, 4) is 0 Å². The van der Waals surface area contributed by atoms with Gasteiger partial charge in [-0.2, -0.15) is 13.5 Å². The largest absolute Gasteiger partial charge is 0.465 e. The van der Waals surface area contributed by atoms with Gasteiger partial charge in [-0.1, -0.05) is 6.07 Å². The molecular weight excluding hydrogens is 308 g/mol. The average molecular weight is 318 g/mol. The second kappa shape index (κ2) is 7.35. The number of methoxy groups -OCH3 is 1. The Labute approximate surface area is 118 Å². The summed E-state index contributed by atoms with van der Waals surface area (Å²) in [5.74, 6) is -0.0656. The molecule has 0 amide bonds. The second-order valence-corrected chi connectivity index (χ2v) is 4.70. The number of rotatable bonds is 2. The van der Waals surface area contributed by atoms with Crippen molar-refractivity contribution in [2.75, 3.05) is 7.11 Å². The Morgan fingerprint density at radius 2 is 2.25 bits per heavy atom. The summed E-state index contributed by atoms with van der Waals surface area (Å²) in [6.45, 7) is 1.45. The lowest BCUT2D eigenvalue weighted by atomic mass is 10.5. The van der Waals surface area contributed by atoms with Crippen LogP contribution in [0.4, 0.5) is 0 Å². The number of hydrogen-bond donors (Lipinski definition) is 1. The highest BCUT2D eigenvalue weighted by atomic mass is 32.2. The summed E-state index contributed by atoms with van der Waals surface area (Å²) >= 11 is 1.38. The number of ether oxygens (including phenoxy) is 1. The number of aromatic nitrogens is 3. The van der Waals surface area contributed by atoms with E-state index in [0.717, 1.165) is 0 Å². The summed E-state index contributed by atoms with van der Waals surface area (Å²) in [5.41, 5.74) is -0.674. The fourth-order valence-electron chi connectivity index (χ4n) is 1.03. The van der Waals surface area contributed by atoms with Crippen LogP contribution in [0.2, 0.25) is 0 Å². The lowest BCUT2D eigenvalue weighted by molar-refractivity contribution is 0.0606. The van der Waals surface area contributed by atoms with Gasteiger partial charge in [-0.3, -0.25) is 0 Å². The number of esters is 1. The minimum atomic E-state index is -2.64. The molecule has 2 aromatic heterocycles. The summed E-state index contributed by atoms with van der Waals surface area (Å²) in [6, 6.07) is 3.55. The number of aryl methyl sites for hydroxylation is 1. The quantitative estimate of drug-likeness (QED) is 0.791. The Morgan fingerprint density at radius 1 is 1.55 bits per heavy atom. The van der Waals surface area contributed by atoms with Crippen molar-refractivity contribution >= 4 is 27.8 Å². The third-order valence-corrected chi connectivity index (χ3v) is 3.01. The Morgan fingerprint density at radius 3 is 2.65 bits per heavy atom. The van der Waals surface area contributed by atoms with Crippen LogP contribution in [0.1, 0.15) is 15.5 Å². The molecule has 0 spiro atoms. The first kappa shape index (κ1) is 15.8. The number of carbonyl (C=O) groups excluding carboxylic acids is 1. The van der Waals surface area contributed by atoms with E-state index in [4.69, 9.17) is 0 Å². The first-order valence-electron chi connectivity index (χ1n) is 5.03. The molecule has 0 radical (unpaired) electrons. The highest BCUT2D eigenvalue weighted by molar-refractivity contribution is 7.61. The van der Waals surface area contributed by atoms with Gasteiger partial charge >= 0.3 is 22.2 Å². The van der Waals surface area contributed by atoms with Crippen molar-refractivity contribution in [1.82, 2.24) is 14.9 Å². The fourth-order valence-corrected chi connectivity index (χ4v) is 1.99. The Kier molecular flexibility index (Phi) is 5.80. The summed E-state index contributed by atoms with van der Waals surface area (Å²) in [6.07, 6.45) is 0. The molecular formula is C9H10N4O5S2. The second-order valence-electron chi connectivity index (χ2n) is 3.16. The minimum Gasteiger partial charge on any atom is -0.465 e. The number of nitrogens with zero attached hydrogens (tertiary/aromatic N) is 3. The van der Waals surface area contributed by atoms with E-state index in [-0.39, 0.29) is 11.8 Å². The van der Waals surface area contributed by atoms with E-state index in [0.29, 0.717) is 9.55 Å². The number of nitrogens with one attached hydrogen (secondary N) is 1. The van der Waals surface area contributed by atoms with Gasteiger partial charge in [0.05, 0.1) is 7.11 Å². The van der Waals surface area contributed by atoms with Gasteiger partial charge in [0.15, 0.2) is 5.82 Å². The van der Waals surface area contributed by atoms with Crippen LogP contribution in [0.5, 0.6) is 0 Å². The normalized spacial score (nSPS) is 9.30. The molecule has 0 aromatic carbocycles. The molecule has 0 aliphatic carbocycles. The molecule has 2 rings (SSSR count). The highest BCUT2D eigenvalue weighted by Gasteiger charge is 2.03. The topological polar surface area (TPSA) is 123 Å². The Balaban J connectivity index is 0.000000204. The maximum atomic E-state index is 10.7. The fraction of sp³-hybridized carbons (Fsp3) is 0.222. The van der Waals surface area contributed by atoms with Crippen molar-refractivity contribution in [3.05, 3.63) is 38.7 Å². The van der Waals surface area contributed by atoms with Gasteiger partial charge in [-0.25, -0.2) is 14.7 Å². The molecule has 0 fully saturated rings. The van der Waals surface area contributed by atoms with Crippen LogP contribution in [0.25, 0.3) is 0 Å². The zero-order valence-electron chi connectivity index (χ0n) is 10.4. The Hall–Kier alpha value is -2.27. The molecule has 2 heterocycles. The molecule has 0 saturated carbocycles. The van der Waals surface area contributed by atoms with Crippen LogP contribution in [0, 0.1) is 6.92 Å². The summed E-state index contributed by atoms with van der Waals surface area (Å²) in [4.78, 5) is 22.0. The van der Waals surface area contributed by atoms with Gasteiger partial charge in [0.1, 0.15) is 4.88 Å². The van der Waals surface area contributed by atoms with Gasteiger partial charge in [0, 0.05) is 0 Å². The number of aromatic amines is 1. The molecule has 0 saturated heterocycles. The predicted molar refractivity (Wildman–Crippen MR) is 70.0 cm³/mol. The van der Waals surface area contributed by atoms with Crippen LogP contribution >= 0.6 is 11.3 Å². The van der Waals surface area contributed by atoms with E-state index in [1.165, 1.54) is 25.4 Å². The zero-order chi connectivity index (χ0) is 15.1. The number of carbonyl (C=O) groups is 1. The third kappa shape index (κ3) is 4.44. The highest BCUT2D eigenvalue weighted by Crippen LogP contribution is 2.08. The molecule has 0 unspecified atom stereocenters. The first-order chi connectivity index (χ1) is 9.45. The lowest BCUT2D eigenvalue weighted by Gasteiger charge is -1.90. The zero-order valence-corrected chi connectivity index (χ0v) is 12.1. The van der Waals surface area contributed by atoms with Gasteiger partial charge in [-0.15, -0.1) is 16.0 Å².